The molecule has 0 aromatic heterocycles. The molecular weight excluding hydrogens is 378 g/mol. The largest absolute Gasteiger partial charge is 0.455 e. The molecule has 2 amide bonds. The summed E-state index contributed by atoms with van der Waals surface area (Å²) in [5.74, 6) is -1.88. The highest BCUT2D eigenvalue weighted by Crippen LogP contribution is 2.30. The van der Waals surface area contributed by atoms with Gasteiger partial charge in [0.2, 0.25) is 5.91 Å². The SMILES string of the molecule is Cc1cc(NC(=O)COC(=O)[C@@H]2CC(=O)N(C3CCCC3)C2)c([N+](=O)[O-])cc1C. The molecule has 2 fully saturated rings. The third kappa shape index (κ3) is 4.72. The zero-order valence-electron chi connectivity index (χ0n) is 16.6. The summed E-state index contributed by atoms with van der Waals surface area (Å²) in [5.41, 5.74) is 1.36. The predicted octanol–water partition coefficient (Wildman–Crippen LogP) is 2.48. The second-order valence-corrected chi connectivity index (χ2v) is 7.75. The molecule has 156 valence electrons. The van der Waals surface area contributed by atoms with Gasteiger partial charge in [-0.05, 0) is 43.9 Å². The molecule has 2 aliphatic rings. The molecule has 0 radical (unpaired) electrons. The van der Waals surface area contributed by atoms with Gasteiger partial charge in [-0.3, -0.25) is 24.5 Å². The van der Waals surface area contributed by atoms with E-state index in [0.717, 1.165) is 36.8 Å². The van der Waals surface area contributed by atoms with Crippen molar-refractivity contribution in [3.05, 3.63) is 33.4 Å². The van der Waals surface area contributed by atoms with Crippen LogP contribution in [-0.4, -0.2) is 46.8 Å². The summed E-state index contributed by atoms with van der Waals surface area (Å²) in [5, 5.41) is 13.6. The second kappa shape index (κ2) is 8.59. The number of nitro groups is 1. The number of carbonyl (C=O) groups is 3. The van der Waals surface area contributed by atoms with Gasteiger partial charge >= 0.3 is 5.97 Å². The van der Waals surface area contributed by atoms with Gasteiger partial charge in [0.25, 0.3) is 11.6 Å². The highest BCUT2D eigenvalue weighted by molar-refractivity contribution is 5.95. The molecule has 1 saturated heterocycles. The highest BCUT2D eigenvalue weighted by Gasteiger charge is 2.39. The zero-order valence-corrected chi connectivity index (χ0v) is 16.6. The number of nitrogens with zero attached hydrogens (tertiary/aromatic N) is 2. The second-order valence-electron chi connectivity index (χ2n) is 7.75. The number of rotatable bonds is 6. The van der Waals surface area contributed by atoms with E-state index in [4.69, 9.17) is 4.74 Å². The van der Waals surface area contributed by atoms with Crippen molar-refractivity contribution in [2.24, 2.45) is 5.92 Å². The Morgan fingerprint density at radius 2 is 1.90 bits per heavy atom. The Morgan fingerprint density at radius 3 is 2.55 bits per heavy atom. The van der Waals surface area contributed by atoms with Crippen LogP contribution >= 0.6 is 0 Å². The average molecular weight is 403 g/mol. The molecule has 1 aromatic rings. The molecule has 1 atom stereocenters. The fraction of sp³-hybridized carbons (Fsp3) is 0.550. The Hall–Kier alpha value is -2.97. The number of nitrogens with one attached hydrogen (secondary N) is 1. The fourth-order valence-corrected chi connectivity index (χ4v) is 3.95. The van der Waals surface area contributed by atoms with Crippen LogP contribution in [0.15, 0.2) is 12.1 Å². The van der Waals surface area contributed by atoms with Crippen LogP contribution in [0.1, 0.15) is 43.2 Å². The Bertz CT molecular complexity index is 847. The Kier molecular flexibility index (Phi) is 6.14. The highest BCUT2D eigenvalue weighted by atomic mass is 16.6. The van der Waals surface area contributed by atoms with Gasteiger partial charge in [-0.1, -0.05) is 12.8 Å². The van der Waals surface area contributed by atoms with Crippen molar-refractivity contribution in [2.45, 2.75) is 52.0 Å². The van der Waals surface area contributed by atoms with Gasteiger partial charge in [-0.15, -0.1) is 0 Å². The normalized spacial score (nSPS) is 19.4. The van der Waals surface area contributed by atoms with Crippen molar-refractivity contribution in [1.82, 2.24) is 4.90 Å². The number of amides is 2. The molecule has 9 nitrogen and oxygen atoms in total. The maximum absolute atomic E-state index is 12.3. The molecule has 1 aromatic carbocycles. The van der Waals surface area contributed by atoms with Gasteiger partial charge in [-0.2, -0.15) is 0 Å². The molecule has 1 aliphatic carbocycles. The first kappa shape index (κ1) is 20.8. The topological polar surface area (TPSA) is 119 Å². The van der Waals surface area contributed by atoms with Crippen LogP contribution < -0.4 is 5.32 Å². The van der Waals surface area contributed by atoms with Crippen LogP contribution in [0.3, 0.4) is 0 Å². The summed E-state index contributed by atoms with van der Waals surface area (Å²) in [6.07, 6.45) is 4.21. The van der Waals surface area contributed by atoms with Crippen LogP contribution in [0.5, 0.6) is 0 Å². The third-order valence-electron chi connectivity index (χ3n) is 5.69. The van der Waals surface area contributed by atoms with E-state index in [-0.39, 0.29) is 29.7 Å². The summed E-state index contributed by atoms with van der Waals surface area (Å²) in [6.45, 7) is 3.29. The molecule has 0 unspecified atom stereocenters. The molecule has 1 aliphatic heterocycles. The van der Waals surface area contributed by atoms with Crippen LogP contribution in [0.2, 0.25) is 0 Å². The number of nitro benzene ring substituents is 1. The first-order valence-corrected chi connectivity index (χ1v) is 9.78. The van der Waals surface area contributed by atoms with Crippen molar-refractivity contribution in [3.63, 3.8) is 0 Å². The van der Waals surface area contributed by atoms with Crippen molar-refractivity contribution in [1.29, 1.82) is 0 Å². The number of anilines is 1. The first-order chi connectivity index (χ1) is 13.8. The Balaban J connectivity index is 1.55. The molecule has 1 heterocycles. The average Bonchev–Trinajstić information content (AvgIpc) is 3.31. The number of benzene rings is 1. The van der Waals surface area contributed by atoms with E-state index in [1.807, 2.05) is 0 Å². The predicted molar refractivity (Wildman–Crippen MR) is 104 cm³/mol. The number of carbonyl (C=O) groups excluding carboxylic acids is 3. The third-order valence-corrected chi connectivity index (χ3v) is 5.69. The van der Waals surface area contributed by atoms with E-state index in [2.05, 4.69) is 5.32 Å². The quantitative estimate of drug-likeness (QED) is 0.443. The monoisotopic (exact) mass is 403 g/mol. The van der Waals surface area contributed by atoms with E-state index in [1.54, 1.807) is 18.7 Å². The summed E-state index contributed by atoms with van der Waals surface area (Å²) in [7, 11) is 0. The molecule has 1 N–H and O–H groups in total. The van der Waals surface area contributed by atoms with Crippen LogP contribution in [-0.2, 0) is 19.1 Å². The van der Waals surface area contributed by atoms with E-state index >= 15 is 0 Å². The molecule has 0 spiro atoms. The lowest BCUT2D eigenvalue weighted by molar-refractivity contribution is -0.384. The molecule has 0 bridgehead atoms. The van der Waals surface area contributed by atoms with E-state index in [9.17, 15) is 24.5 Å². The van der Waals surface area contributed by atoms with Crippen molar-refractivity contribution in [2.75, 3.05) is 18.5 Å². The maximum Gasteiger partial charge on any atom is 0.311 e. The minimum Gasteiger partial charge on any atom is -0.455 e. The van der Waals surface area contributed by atoms with Gasteiger partial charge in [0.1, 0.15) is 5.69 Å². The number of hydrogen-bond acceptors (Lipinski definition) is 6. The lowest BCUT2D eigenvalue weighted by Crippen LogP contribution is -2.35. The van der Waals surface area contributed by atoms with Crippen LogP contribution in [0, 0.1) is 29.9 Å². The maximum atomic E-state index is 12.3. The van der Waals surface area contributed by atoms with Gasteiger partial charge in [0.05, 0.1) is 10.8 Å². The Labute approximate surface area is 168 Å². The van der Waals surface area contributed by atoms with Gasteiger partial charge < -0.3 is 15.0 Å². The fourth-order valence-electron chi connectivity index (χ4n) is 3.95. The molecular formula is C20H25N3O6. The van der Waals surface area contributed by atoms with Crippen LogP contribution in [0.4, 0.5) is 11.4 Å². The number of hydrogen-bond donors (Lipinski definition) is 1. The van der Waals surface area contributed by atoms with Crippen molar-refractivity contribution in [3.8, 4) is 0 Å². The first-order valence-electron chi connectivity index (χ1n) is 9.78. The zero-order chi connectivity index (χ0) is 21.1. The Morgan fingerprint density at radius 1 is 1.24 bits per heavy atom. The number of aryl methyl sites for hydroxylation is 2. The minimum absolute atomic E-state index is 0.0472. The van der Waals surface area contributed by atoms with Crippen molar-refractivity contribution >= 4 is 29.2 Å². The summed E-state index contributed by atoms with van der Waals surface area (Å²) < 4.78 is 5.07. The minimum atomic E-state index is -0.665. The summed E-state index contributed by atoms with van der Waals surface area (Å²) in [6, 6.07) is 3.11. The number of esters is 1. The number of likely N-dealkylation sites (tertiary alicyclic amines) is 1. The standard InChI is InChI=1S/C20H25N3O6/c1-12-7-16(17(23(27)28)8-13(12)2)21-18(24)11-29-20(26)14-9-19(25)22(10-14)15-5-3-4-6-15/h7-8,14-15H,3-6,9-11H2,1-2H3,(H,21,24)/t14-/m1/s1. The lowest BCUT2D eigenvalue weighted by atomic mass is 10.1. The summed E-state index contributed by atoms with van der Waals surface area (Å²) in [4.78, 5) is 49.0. The van der Waals surface area contributed by atoms with Crippen molar-refractivity contribution < 1.29 is 24.0 Å². The summed E-state index contributed by atoms with van der Waals surface area (Å²) >= 11 is 0. The van der Waals surface area contributed by atoms with Gasteiger partial charge in [0.15, 0.2) is 6.61 Å². The van der Waals surface area contributed by atoms with Gasteiger partial charge in [0, 0.05) is 25.1 Å². The van der Waals surface area contributed by atoms with E-state index in [1.165, 1.54) is 12.1 Å². The molecule has 3 rings (SSSR count). The molecule has 29 heavy (non-hydrogen) atoms. The van der Waals surface area contributed by atoms with E-state index < -0.39 is 29.3 Å². The lowest BCUT2D eigenvalue weighted by Gasteiger charge is -2.23. The van der Waals surface area contributed by atoms with Gasteiger partial charge in [-0.25, -0.2) is 0 Å². The number of ether oxygens (including phenoxy) is 1. The smallest absolute Gasteiger partial charge is 0.311 e. The molecule has 9 heteroatoms. The van der Waals surface area contributed by atoms with E-state index in [0.29, 0.717) is 6.54 Å². The molecule has 1 saturated carbocycles. The van der Waals surface area contributed by atoms with Crippen LogP contribution in [0.25, 0.3) is 0 Å².